The predicted octanol–water partition coefficient (Wildman–Crippen LogP) is 0.501. The second kappa shape index (κ2) is 7.04. The second-order valence-electron chi connectivity index (χ2n) is 4.83. The van der Waals surface area contributed by atoms with Gasteiger partial charge in [0.2, 0.25) is 5.91 Å². The molecular weight excluding hydrogens is 258 g/mol. The van der Waals surface area contributed by atoms with Crippen LogP contribution in [-0.2, 0) is 9.53 Å². The summed E-state index contributed by atoms with van der Waals surface area (Å²) in [5.74, 6) is 2.39. The minimum atomic E-state index is -0.0148. The minimum absolute atomic E-state index is 0.0148. The fourth-order valence-electron chi connectivity index (χ4n) is 1.78. The van der Waals surface area contributed by atoms with Crippen LogP contribution in [0.2, 0.25) is 0 Å². The molecule has 1 heterocycles. The van der Waals surface area contributed by atoms with Gasteiger partial charge >= 0.3 is 0 Å². The molecule has 1 aromatic heterocycles. The van der Waals surface area contributed by atoms with Gasteiger partial charge in [-0.1, -0.05) is 0 Å². The Bertz CT molecular complexity index is 462. The Hall–Kier alpha value is -1.89. The molecule has 2 rings (SSSR count). The summed E-state index contributed by atoms with van der Waals surface area (Å²) in [5.41, 5.74) is 5.75. The number of hydrogen-bond acceptors (Lipinski definition) is 6. The molecule has 0 aromatic carbocycles. The smallest absolute Gasteiger partial charge is 0.221 e. The molecule has 20 heavy (non-hydrogen) atoms. The highest BCUT2D eigenvalue weighted by Crippen LogP contribution is 2.38. The van der Waals surface area contributed by atoms with Gasteiger partial charge in [0.15, 0.2) is 0 Å². The fourth-order valence-corrected chi connectivity index (χ4v) is 1.78. The summed E-state index contributed by atoms with van der Waals surface area (Å²) >= 11 is 0. The van der Waals surface area contributed by atoms with Gasteiger partial charge < -0.3 is 21.1 Å². The van der Waals surface area contributed by atoms with Crippen molar-refractivity contribution in [2.75, 3.05) is 37.9 Å². The molecule has 4 N–H and O–H groups in total. The van der Waals surface area contributed by atoms with Gasteiger partial charge in [0.05, 0.1) is 6.61 Å². The average Bonchev–Trinajstić information content (AvgIpc) is 3.22. The summed E-state index contributed by atoms with van der Waals surface area (Å²) in [6, 6.07) is 1.69. The highest BCUT2D eigenvalue weighted by molar-refractivity contribution is 5.76. The molecule has 0 bridgehead atoms. The van der Waals surface area contributed by atoms with Crippen LogP contribution in [0.5, 0.6) is 0 Å². The van der Waals surface area contributed by atoms with Crippen LogP contribution >= 0.6 is 0 Å². The van der Waals surface area contributed by atoms with Gasteiger partial charge in [-0.05, 0) is 12.8 Å². The Morgan fingerprint density at radius 2 is 2.25 bits per heavy atom. The molecule has 1 aliphatic rings. The molecular formula is C13H21N5O2. The highest BCUT2D eigenvalue weighted by atomic mass is 16.5. The van der Waals surface area contributed by atoms with Crippen LogP contribution in [0.25, 0.3) is 0 Å². The molecule has 1 amide bonds. The van der Waals surface area contributed by atoms with Gasteiger partial charge in [0, 0.05) is 38.6 Å². The summed E-state index contributed by atoms with van der Waals surface area (Å²) in [6.07, 6.45) is 2.64. The summed E-state index contributed by atoms with van der Waals surface area (Å²) in [4.78, 5) is 20.1. The first-order valence-electron chi connectivity index (χ1n) is 6.83. The zero-order valence-corrected chi connectivity index (χ0v) is 11.7. The Kier molecular flexibility index (Phi) is 5.11. The zero-order chi connectivity index (χ0) is 14.4. The number of hydrogen-bond donors (Lipinski definition) is 3. The fraction of sp³-hybridized carbons (Fsp3) is 0.615. The molecule has 0 atom stereocenters. The van der Waals surface area contributed by atoms with E-state index < -0.39 is 0 Å². The molecule has 7 nitrogen and oxygen atoms in total. The van der Waals surface area contributed by atoms with E-state index >= 15 is 0 Å². The summed E-state index contributed by atoms with van der Waals surface area (Å²) in [5, 5.41) is 5.87. The number of nitrogen functional groups attached to an aromatic ring is 1. The zero-order valence-electron chi connectivity index (χ0n) is 11.7. The summed E-state index contributed by atoms with van der Waals surface area (Å²) in [7, 11) is 1.60. The van der Waals surface area contributed by atoms with E-state index in [9.17, 15) is 4.79 Å². The van der Waals surface area contributed by atoms with Crippen molar-refractivity contribution in [2.45, 2.75) is 25.2 Å². The molecule has 0 saturated heterocycles. The SMILES string of the molecule is COCCNC(=O)CCNc1cc(N)nc(C2CC2)n1. The number of methoxy groups -OCH3 is 1. The van der Waals surface area contributed by atoms with Crippen molar-refractivity contribution in [1.82, 2.24) is 15.3 Å². The number of amides is 1. The standard InChI is InChI=1S/C13H21N5O2/c1-20-7-6-16-12(19)4-5-15-11-8-10(14)17-13(18-11)9-2-3-9/h8-9H,2-7H2,1H3,(H,16,19)(H3,14,15,17,18). The van der Waals surface area contributed by atoms with Crippen LogP contribution in [0.3, 0.4) is 0 Å². The van der Waals surface area contributed by atoms with E-state index in [-0.39, 0.29) is 5.91 Å². The van der Waals surface area contributed by atoms with Crippen molar-refractivity contribution in [2.24, 2.45) is 0 Å². The van der Waals surface area contributed by atoms with E-state index in [1.54, 1.807) is 13.2 Å². The van der Waals surface area contributed by atoms with E-state index in [1.807, 2.05) is 0 Å². The van der Waals surface area contributed by atoms with Crippen molar-refractivity contribution < 1.29 is 9.53 Å². The average molecular weight is 279 g/mol. The number of rotatable bonds is 8. The summed E-state index contributed by atoms with van der Waals surface area (Å²) < 4.78 is 4.86. The largest absolute Gasteiger partial charge is 0.384 e. The number of ether oxygens (including phenoxy) is 1. The van der Waals surface area contributed by atoms with Crippen LogP contribution < -0.4 is 16.4 Å². The van der Waals surface area contributed by atoms with Crippen molar-refractivity contribution >= 4 is 17.5 Å². The lowest BCUT2D eigenvalue weighted by molar-refractivity contribution is -0.121. The first kappa shape index (κ1) is 14.5. The Labute approximate surface area is 118 Å². The monoisotopic (exact) mass is 279 g/mol. The summed E-state index contributed by atoms with van der Waals surface area (Å²) in [6.45, 7) is 1.56. The number of carbonyl (C=O) groups is 1. The highest BCUT2D eigenvalue weighted by Gasteiger charge is 2.27. The van der Waals surface area contributed by atoms with Crippen LogP contribution in [0, 0.1) is 0 Å². The maximum Gasteiger partial charge on any atom is 0.221 e. The quantitative estimate of drug-likeness (QED) is 0.599. The Morgan fingerprint density at radius 3 is 2.95 bits per heavy atom. The third-order valence-electron chi connectivity index (χ3n) is 2.99. The molecule has 110 valence electrons. The lowest BCUT2D eigenvalue weighted by Gasteiger charge is -2.08. The van der Waals surface area contributed by atoms with Gasteiger partial charge in [-0.25, -0.2) is 9.97 Å². The first-order valence-corrected chi connectivity index (χ1v) is 6.83. The van der Waals surface area contributed by atoms with Crippen molar-refractivity contribution in [3.05, 3.63) is 11.9 Å². The van der Waals surface area contributed by atoms with E-state index in [0.717, 1.165) is 18.7 Å². The third-order valence-corrected chi connectivity index (χ3v) is 2.99. The number of carbonyl (C=O) groups excluding carboxylic acids is 1. The predicted molar refractivity (Wildman–Crippen MR) is 76.4 cm³/mol. The lowest BCUT2D eigenvalue weighted by Crippen LogP contribution is -2.28. The second-order valence-corrected chi connectivity index (χ2v) is 4.83. The molecule has 7 heteroatoms. The number of nitrogens with one attached hydrogen (secondary N) is 2. The van der Waals surface area contributed by atoms with E-state index in [4.69, 9.17) is 10.5 Å². The topological polar surface area (TPSA) is 102 Å². The van der Waals surface area contributed by atoms with Crippen LogP contribution in [-0.4, -0.2) is 42.7 Å². The molecule has 0 unspecified atom stereocenters. The molecule has 1 fully saturated rings. The van der Waals surface area contributed by atoms with Crippen LogP contribution in [0.4, 0.5) is 11.6 Å². The van der Waals surface area contributed by atoms with Gasteiger partial charge in [0.25, 0.3) is 0 Å². The van der Waals surface area contributed by atoms with Crippen LogP contribution in [0.1, 0.15) is 31.0 Å². The number of nitrogens with zero attached hydrogens (tertiary/aromatic N) is 2. The Balaban J connectivity index is 1.74. The molecule has 1 aromatic rings. The molecule has 1 saturated carbocycles. The Morgan fingerprint density at radius 1 is 1.45 bits per heavy atom. The third kappa shape index (κ3) is 4.65. The molecule has 0 radical (unpaired) electrons. The maximum atomic E-state index is 11.5. The van der Waals surface area contributed by atoms with Crippen molar-refractivity contribution in [3.8, 4) is 0 Å². The van der Waals surface area contributed by atoms with Crippen LogP contribution in [0.15, 0.2) is 6.07 Å². The van der Waals surface area contributed by atoms with E-state index in [2.05, 4.69) is 20.6 Å². The lowest BCUT2D eigenvalue weighted by atomic mass is 10.3. The van der Waals surface area contributed by atoms with Gasteiger partial charge in [-0.15, -0.1) is 0 Å². The van der Waals surface area contributed by atoms with E-state index in [0.29, 0.717) is 43.7 Å². The molecule has 0 spiro atoms. The van der Waals surface area contributed by atoms with Gasteiger partial charge in [-0.2, -0.15) is 0 Å². The molecule has 0 aliphatic heterocycles. The maximum absolute atomic E-state index is 11.5. The first-order chi connectivity index (χ1) is 9.69. The van der Waals surface area contributed by atoms with Crippen molar-refractivity contribution in [1.29, 1.82) is 0 Å². The molecule has 1 aliphatic carbocycles. The number of nitrogens with two attached hydrogens (primary N) is 1. The van der Waals surface area contributed by atoms with Crippen molar-refractivity contribution in [3.63, 3.8) is 0 Å². The number of anilines is 2. The van der Waals surface area contributed by atoms with E-state index in [1.165, 1.54) is 0 Å². The number of aromatic nitrogens is 2. The van der Waals surface area contributed by atoms with Gasteiger partial charge in [-0.3, -0.25) is 4.79 Å². The minimum Gasteiger partial charge on any atom is -0.384 e. The van der Waals surface area contributed by atoms with Gasteiger partial charge in [0.1, 0.15) is 17.5 Å². The normalized spacial score (nSPS) is 14.1.